The third kappa shape index (κ3) is 40.6. The van der Waals surface area contributed by atoms with Crippen molar-refractivity contribution in [3.05, 3.63) is 126 Å². The molecule has 0 aliphatic rings. The van der Waals surface area contributed by atoms with Crippen molar-refractivity contribution < 1.29 is 112 Å². The number of carboxylic acids is 1. The number of para-hydroxylation sites is 1. The van der Waals surface area contributed by atoms with Crippen molar-refractivity contribution in [3.63, 3.8) is 0 Å². The van der Waals surface area contributed by atoms with Crippen LogP contribution in [0.2, 0.25) is 0 Å². The number of primary amides is 1. The number of carboxylic acid groups (broad SMARTS) is 1. The van der Waals surface area contributed by atoms with Gasteiger partial charge in [0.15, 0.2) is 5.96 Å². The summed E-state index contributed by atoms with van der Waals surface area (Å²) < 4.78 is 0. The number of aliphatic carboxylic acids is 1. The first-order chi connectivity index (χ1) is 66.8. The number of hydrogen-bond donors (Lipinski definition) is 31. The minimum Gasteiger partial charge on any atom is -0.480 e. The minimum atomic E-state index is -1.99. The van der Waals surface area contributed by atoms with Gasteiger partial charge in [0.1, 0.15) is 96.7 Å². The molecule has 141 heavy (non-hydrogen) atoms. The Bertz CT molecular complexity index is 4930. The van der Waals surface area contributed by atoms with E-state index in [0.29, 0.717) is 46.9 Å². The van der Waals surface area contributed by atoms with Crippen LogP contribution in [0.1, 0.15) is 161 Å². The molecule has 0 spiro atoms. The molecule has 0 saturated carbocycles. The number of nitrogens with two attached hydrogens (primary N) is 6. The molecule has 2 aromatic heterocycles. The van der Waals surface area contributed by atoms with Crippen molar-refractivity contribution in [1.29, 1.82) is 5.41 Å². The van der Waals surface area contributed by atoms with Gasteiger partial charge in [-0.3, -0.25) is 86.9 Å². The normalized spacial score (nSPS) is 15.8. The monoisotopic (exact) mass is 1980 g/mol. The van der Waals surface area contributed by atoms with Gasteiger partial charge in [-0.15, -0.1) is 0 Å². The van der Waals surface area contributed by atoms with Crippen molar-refractivity contribution >= 4 is 117 Å². The van der Waals surface area contributed by atoms with Gasteiger partial charge in [0.05, 0.1) is 43.3 Å². The van der Waals surface area contributed by atoms with Crippen LogP contribution in [0.15, 0.2) is 104 Å². The molecule has 5 rings (SSSR count). The number of amides is 16. The van der Waals surface area contributed by atoms with Gasteiger partial charge >= 0.3 is 5.97 Å². The molecule has 0 bridgehead atoms. The molecule has 5 aromatic rings. The zero-order valence-corrected chi connectivity index (χ0v) is 80.4. The number of carbonyl (C=O) groups is 17. The molecule has 0 saturated heterocycles. The molecule has 0 fully saturated rings. The van der Waals surface area contributed by atoms with Gasteiger partial charge in [-0.1, -0.05) is 92.7 Å². The van der Waals surface area contributed by atoms with Crippen molar-refractivity contribution in [2.75, 3.05) is 26.2 Å². The molecular formula is C92H142N26O23. The molecule has 0 unspecified atom stereocenters. The van der Waals surface area contributed by atoms with Gasteiger partial charge in [0.2, 0.25) is 94.5 Å². The van der Waals surface area contributed by atoms with E-state index in [1.165, 1.54) is 26.4 Å². The molecule has 0 radical (unpaired) electrons. The van der Waals surface area contributed by atoms with E-state index in [9.17, 15) is 97.8 Å². The fraction of sp³-hybridized carbons (Fsp3) is 0.554. The van der Waals surface area contributed by atoms with Crippen LogP contribution in [0, 0.1) is 11.3 Å². The molecule has 0 aliphatic carbocycles. The number of unbranched alkanes of at least 4 members (excludes halogenated alkanes) is 3. The molecule has 21 atom stereocenters. The summed E-state index contributed by atoms with van der Waals surface area (Å²) in [6.45, 7) is 10.5. The highest BCUT2D eigenvalue weighted by atomic mass is 16.4. The summed E-state index contributed by atoms with van der Waals surface area (Å²) in [6, 6.07) is -3.26. The quantitative estimate of drug-likeness (QED) is 0.00977. The number of nitrogens with zero attached hydrogens (tertiary/aromatic N) is 1. The Kier molecular flexibility index (Phi) is 50.4. The number of aliphatic hydroxyl groups excluding tert-OH is 5. The van der Waals surface area contributed by atoms with Gasteiger partial charge < -0.3 is 160 Å². The zero-order chi connectivity index (χ0) is 105. The van der Waals surface area contributed by atoms with Crippen LogP contribution in [-0.4, -0.2) is 305 Å². The fourth-order valence-electron chi connectivity index (χ4n) is 14.8. The summed E-state index contributed by atoms with van der Waals surface area (Å²) in [5, 5.41) is 111. The lowest BCUT2D eigenvalue weighted by Crippen LogP contribution is -2.63. The van der Waals surface area contributed by atoms with Gasteiger partial charge in [-0.2, -0.15) is 0 Å². The van der Waals surface area contributed by atoms with Crippen molar-refractivity contribution in [2.45, 2.75) is 292 Å². The van der Waals surface area contributed by atoms with Crippen LogP contribution < -0.4 is 119 Å². The standard InChI is InChI=1S/C92H142N26O23/c1-47(2)38-64(113-88(137)73(51(6)121)115-79(128)62(32-19-22-36-95)107-81(130)65(39-54-24-11-9-12-25-54)109-82(131)66(40-55-26-13-10-14-27-55)114-89(138)74(52(7)122)117-86(135)71(97)49(4)119)80(129)108-63(33-23-37-101-92(98)99)77(126)112-69(43-70(96)124)85(134)111-68(42-57-45-100-46-103-57)84(133)110-67(41-56-44-102-59-29-16-15-28-58(56)59)83(132)106-60(30-17-20-34-93)76(125)105-61(31-18-21-35-94)78(127)116-75(53(8)123)90(139)118-72(50(5)120)87(136)104-48(3)91(140)141/h9-16,24-29,44-53,60-69,71-75,102,119-123H,17-23,30-43,93-95,97H2,1-8H3,(H2,96,124)(H,100,103)(H,104,136)(H,105,125)(H,106,132)(H,107,130)(H,108,129)(H,109,131)(H,110,133)(H,111,134)(H,112,126)(H,113,137)(H,114,138)(H,115,128)(H,116,127)(H,117,135)(H,118,139)(H,140,141)(H4,98,99,101)/t48-,49+,50+,51+,52+,53+,60-,61-,62-,63-,64-,65-,66-,67-,68-,69-,71-,72-,73-,74-,75-/m0/s1. The SMILES string of the molecule is CC(C)C[C@H](NC(=O)[C@@H](NC(=O)[C@H](CCCCN)NC(=O)[C@H](Cc1ccccc1)NC(=O)[C@H](Cc1ccccc1)NC(=O)[C@@H](NC(=O)[C@@H](N)[C@@H](C)O)[C@@H](C)O)[C@@H](C)O)C(=O)N[C@@H](CCCNC(=N)N)C(=O)N[C@@H](CC(N)=O)C(=O)N[C@@H](Cc1cnc[nH]1)C(=O)N[C@@H](Cc1c[nH]c2ccccc12)C(=O)N[C@@H](CCCCN)C(=O)N[C@@H](CCCCN)C(=O)N[C@H](C(=O)N[C@H](C(=O)N[C@@H](C)C(=O)O)[C@@H](C)O)[C@@H](C)O. The van der Waals surface area contributed by atoms with E-state index in [2.05, 4.69) is 100 Å². The van der Waals surface area contributed by atoms with Crippen molar-refractivity contribution in [2.24, 2.45) is 40.3 Å². The smallest absolute Gasteiger partial charge is 0.325 e. The average molecular weight is 1980 g/mol. The van der Waals surface area contributed by atoms with E-state index >= 15 is 14.4 Å². The van der Waals surface area contributed by atoms with Gasteiger partial charge in [0, 0.05) is 61.2 Å². The summed E-state index contributed by atoms with van der Waals surface area (Å²) in [6.07, 6.45) is -5.77. The molecule has 0 aliphatic heterocycles. The Morgan fingerprint density at radius 1 is 0.369 bits per heavy atom. The maximum absolute atomic E-state index is 15.3. The van der Waals surface area contributed by atoms with Crippen LogP contribution in [0.3, 0.4) is 0 Å². The number of H-pyrrole nitrogens is 2. The van der Waals surface area contributed by atoms with Crippen LogP contribution in [0.4, 0.5) is 0 Å². The molecule has 778 valence electrons. The van der Waals surface area contributed by atoms with E-state index in [1.807, 2.05) is 0 Å². The average Bonchev–Trinajstić information content (AvgIpc) is 1.67. The molecule has 37 N–H and O–H groups in total. The number of hydrogen-bond acceptors (Lipinski definition) is 28. The van der Waals surface area contributed by atoms with Crippen molar-refractivity contribution in [1.82, 2.24) is 100 Å². The highest BCUT2D eigenvalue weighted by Crippen LogP contribution is 2.22. The maximum atomic E-state index is 15.3. The first-order valence-corrected chi connectivity index (χ1v) is 46.8. The largest absolute Gasteiger partial charge is 0.480 e. The summed E-state index contributed by atoms with van der Waals surface area (Å²) in [7, 11) is 0. The lowest BCUT2D eigenvalue weighted by atomic mass is 10.00. The maximum Gasteiger partial charge on any atom is 0.325 e. The molecule has 49 nitrogen and oxygen atoms in total. The molecule has 49 heteroatoms. The van der Waals surface area contributed by atoms with E-state index < -0.39 is 252 Å². The number of nitrogens with one attached hydrogen (secondary N) is 19. The fourth-order valence-corrected chi connectivity index (χ4v) is 14.8. The lowest BCUT2D eigenvalue weighted by Gasteiger charge is -2.30. The second kappa shape index (κ2) is 60.3. The Labute approximate surface area is 815 Å². The Hall–Kier alpha value is -13.7. The first kappa shape index (κ1) is 118. The molecule has 3 aromatic carbocycles. The van der Waals surface area contributed by atoms with Gasteiger partial charge in [-0.25, -0.2) is 4.98 Å². The van der Waals surface area contributed by atoms with Crippen LogP contribution >= 0.6 is 0 Å². The Morgan fingerprint density at radius 2 is 0.702 bits per heavy atom. The zero-order valence-electron chi connectivity index (χ0n) is 80.4. The highest BCUT2D eigenvalue weighted by molar-refractivity contribution is 6.02. The summed E-state index contributed by atoms with van der Waals surface area (Å²) in [5.41, 5.74) is 37.1. The predicted molar refractivity (Wildman–Crippen MR) is 514 cm³/mol. The number of aromatic amines is 2. The number of aliphatic hydroxyl groups is 5. The summed E-state index contributed by atoms with van der Waals surface area (Å²) in [5.74, 6) is -19.7. The highest BCUT2D eigenvalue weighted by Gasteiger charge is 2.42. The molecular weight excluding hydrogens is 1840 g/mol. The van der Waals surface area contributed by atoms with E-state index in [0.717, 1.165) is 27.7 Å². The minimum absolute atomic E-state index is 0.0652. The number of carbonyl (C=O) groups excluding carboxylic acids is 16. The Balaban J connectivity index is 1.46. The first-order valence-electron chi connectivity index (χ1n) is 46.8. The Morgan fingerprint density at radius 3 is 1.09 bits per heavy atom. The third-order valence-corrected chi connectivity index (χ3v) is 22.7. The second-order valence-corrected chi connectivity index (χ2v) is 35.2. The van der Waals surface area contributed by atoms with E-state index in [1.54, 1.807) is 105 Å². The molecule has 2 heterocycles. The van der Waals surface area contributed by atoms with Crippen LogP contribution in [0.25, 0.3) is 10.9 Å². The number of rotatable bonds is 64. The number of aromatic nitrogens is 3. The van der Waals surface area contributed by atoms with E-state index in [-0.39, 0.29) is 109 Å². The summed E-state index contributed by atoms with van der Waals surface area (Å²) >= 11 is 0. The van der Waals surface area contributed by atoms with E-state index in [4.69, 9.17) is 39.8 Å². The van der Waals surface area contributed by atoms with Gasteiger partial charge in [0.25, 0.3) is 0 Å². The second-order valence-electron chi connectivity index (χ2n) is 35.2. The molecule has 16 amide bonds. The van der Waals surface area contributed by atoms with Crippen LogP contribution in [0.5, 0.6) is 0 Å². The topological polar surface area (TPSA) is 828 Å². The third-order valence-electron chi connectivity index (χ3n) is 22.7. The number of benzene rings is 3. The number of guanidine groups is 1. The van der Waals surface area contributed by atoms with Gasteiger partial charge in [-0.05, 0) is 167 Å². The predicted octanol–water partition coefficient (Wildman–Crippen LogP) is -7.66. The van der Waals surface area contributed by atoms with Crippen molar-refractivity contribution in [3.8, 4) is 0 Å². The number of fused-ring (bicyclic) bond motifs is 1. The van der Waals surface area contributed by atoms with Crippen LogP contribution in [-0.2, 0) is 107 Å². The summed E-state index contributed by atoms with van der Waals surface area (Å²) in [4.78, 5) is 253. The number of imidazole rings is 1. The lowest BCUT2D eigenvalue weighted by molar-refractivity contribution is -0.142.